The number of amides is 1. The van der Waals surface area contributed by atoms with Crippen LogP contribution in [0.1, 0.15) is 16.1 Å². The van der Waals surface area contributed by atoms with E-state index in [0.29, 0.717) is 5.69 Å². The van der Waals surface area contributed by atoms with E-state index < -0.39 is 17.6 Å². The molecule has 2 aromatic rings. The van der Waals surface area contributed by atoms with Gasteiger partial charge in [0.15, 0.2) is 0 Å². The monoisotopic (exact) mass is 317 g/mol. The summed E-state index contributed by atoms with van der Waals surface area (Å²) in [6.07, 6.45) is -3.00. The number of aryl methyl sites for hydroxylation is 1. The molecule has 0 bridgehead atoms. The Morgan fingerprint density at radius 2 is 2.00 bits per heavy atom. The normalized spacial score (nSPS) is 11.5. The first-order valence-electron chi connectivity index (χ1n) is 5.78. The van der Waals surface area contributed by atoms with E-state index in [-0.39, 0.29) is 16.4 Å². The van der Waals surface area contributed by atoms with Gasteiger partial charge in [0, 0.05) is 13.2 Å². The molecule has 8 heteroatoms. The number of nitrogens with two attached hydrogens (primary N) is 1. The first-order valence-corrected chi connectivity index (χ1v) is 6.16. The Labute approximate surface area is 123 Å². The maximum atomic E-state index is 12.7. The Morgan fingerprint density at radius 3 is 2.52 bits per heavy atom. The van der Waals surface area contributed by atoms with Crippen molar-refractivity contribution >= 4 is 28.9 Å². The molecule has 0 aliphatic rings. The van der Waals surface area contributed by atoms with Gasteiger partial charge in [0.1, 0.15) is 5.69 Å². The van der Waals surface area contributed by atoms with Crippen LogP contribution in [0.4, 0.5) is 24.5 Å². The number of hydrogen-bond acceptors (Lipinski definition) is 2. The molecular weight excluding hydrogens is 307 g/mol. The molecule has 112 valence electrons. The van der Waals surface area contributed by atoms with Gasteiger partial charge < -0.3 is 15.6 Å². The summed E-state index contributed by atoms with van der Waals surface area (Å²) >= 11 is 5.81. The molecule has 0 saturated heterocycles. The smallest absolute Gasteiger partial charge is 0.397 e. The van der Waals surface area contributed by atoms with Crippen LogP contribution in [0.2, 0.25) is 5.02 Å². The standard InChI is InChI=1S/C13H11ClF3N3O/c1-20-6-8(18)5-11(20)12(21)19-10-4-7(13(15,16)17)2-3-9(10)14/h2-6H,18H2,1H3,(H,19,21). The van der Waals surface area contributed by atoms with Crippen molar-refractivity contribution in [3.8, 4) is 0 Å². The molecule has 3 N–H and O–H groups in total. The number of anilines is 2. The molecule has 1 amide bonds. The second kappa shape index (κ2) is 5.33. The number of nitrogen functional groups attached to an aromatic ring is 1. The van der Waals surface area contributed by atoms with Gasteiger partial charge in [-0.15, -0.1) is 0 Å². The fourth-order valence-electron chi connectivity index (χ4n) is 1.80. The lowest BCUT2D eigenvalue weighted by atomic mass is 10.2. The molecule has 0 radical (unpaired) electrons. The predicted octanol–water partition coefficient (Wildman–Crippen LogP) is 3.53. The maximum Gasteiger partial charge on any atom is 0.416 e. The minimum absolute atomic E-state index is 0.0125. The largest absolute Gasteiger partial charge is 0.416 e. The van der Waals surface area contributed by atoms with E-state index in [2.05, 4.69) is 5.32 Å². The summed E-state index contributed by atoms with van der Waals surface area (Å²) < 4.78 is 39.4. The zero-order valence-corrected chi connectivity index (χ0v) is 11.6. The quantitative estimate of drug-likeness (QED) is 0.890. The van der Waals surface area contributed by atoms with Gasteiger partial charge in [0.05, 0.1) is 22.0 Å². The van der Waals surface area contributed by atoms with Crippen molar-refractivity contribution in [2.75, 3.05) is 11.1 Å². The highest BCUT2D eigenvalue weighted by Gasteiger charge is 2.31. The molecule has 0 fully saturated rings. The first-order chi connectivity index (χ1) is 9.68. The summed E-state index contributed by atoms with van der Waals surface area (Å²) in [4.78, 5) is 12.0. The fraction of sp³-hybridized carbons (Fsp3) is 0.154. The summed E-state index contributed by atoms with van der Waals surface area (Å²) in [6, 6.07) is 4.13. The average molecular weight is 318 g/mol. The van der Waals surface area contributed by atoms with Gasteiger partial charge in [-0.05, 0) is 24.3 Å². The van der Waals surface area contributed by atoms with Gasteiger partial charge in [-0.1, -0.05) is 11.6 Å². The third kappa shape index (κ3) is 3.30. The number of halogens is 4. The van der Waals surface area contributed by atoms with Crippen LogP contribution in [0, 0.1) is 0 Å². The average Bonchev–Trinajstić information content (AvgIpc) is 2.70. The molecule has 1 aromatic carbocycles. The van der Waals surface area contributed by atoms with Gasteiger partial charge in [-0.25, -0.2) is 0 Å². The molecule has 0 atom stereocenters. The molecular formula is C13H11ClF3N3O. The first kappa shape index (κ1) is 15.2. The van der Waals surface area contributed by atoms with Gasteiger partial charge in [0.2, 0.25) is 0 Å². The van der Waals surface area contributed by atoms with Crippen molar-refractivity contribution in [3.05, 3.63) is 46.7 Å². The van der Waals surface area contributed by atoms with Crippen LogP contribution in [-0.4, -0.2) is 10.5 Å². The van der Waals surface area contributed by atoms with Crippen LogP contribution in [-0.2, 0) is 13.2 Å². The van der Waals surface area contributed by atoms with Crippen LogP contribution in [0.3, 0.4) is 0 Å². The highest BCUT2D eigenvalue weighted by atomic mass is 35.5. The molecule has 4 nitrogen and oxygen atoms in total. The number of carbonyl (C=O) groups excluding carboxylic acids is 1. The Bertz CT molecular complexity index is 694. The SMILES string of the molecule is Cn1cc(N)cc1C(=O)Nc1cc(C(F)(F)F)ccc1Cl. The number of nitrogens with zero attached hydrogens (tertiary/aromatic N) is 1. The summed E-state index contributed by atoms with van der Waals surface area (Å²) in [5.41, 5.74) is 5.12. The van der Waals surface area contributed by atoms with Gasteiger partial charge in [-0.2, -0.15) is 13.2 Å². The predicted molar refractivity (Wildman–Crippen MR) is 74.2 cm³/mol. The van der Waals surface area contributed by atoms with E-state index in [1.54, 1.807) is 7.05 Å². The highest BCUT2D eigenvalue weighted by molar-refractivity contribution is 6.33. The zero-order chi connectivity index (χ0) is 15.8. The fourth-order valence-corrected chi connectivity index (χ4v) is 1.96. The van der Waals surface area contributed by atoms with Gasteiger partial charge >= 0.3 is 6.18 Å². The number of carbonyl (C=O) groups is 1. The molecule has 0 unspecified atom stereocenters. The number of aromatic nitrogens is 1. The minimum atomic E-state index is -4.51. The molecule has 21 heavy (non-hydrogen) atoms. The van der Waals surface area contributed by atoms with Crippen LogP contribution in [0.25, 0.3) is 0 Å². The lowest BCUT2D eigenvalue weighted by Gasteiger charge is -2.11. The highest BCUT2D eigenvalue weighted by Crippen LogP contribution is 2.34. The molecule has 0 aliphatic heterocycles. The summed E-state index contributed by atoms with van der Waals surface area (Å²) in [6.45, 7) is 0. The maximum absolute atomic E-state index is 12.7. The van der Waals surface area contributed by atoms with Crippen molar-refractivity contribution < 1.29 is 18.0 Å². The Balaban J connectivity index is 2.31. The summed E-state index contributed by atoms with van der Waals surface area (Å²) in [5.74, 6) is -0.601. The van der Waals surface area contributed by atoms with Crippen LogP contribution in [0.15, 0.2) is 30.5 Å². The minimum Gasteiger partial charge on any atom is -0.397 e. The molecule has 0 aliphatic carbocycles. The van der Waals surface area contributed by atoms with Crippen LogP contribution >= 0.6 is 11.6 Å². The van der Waals surface area contributed by atoms with Crippen molar-refractivity contribution in [2.45, 2.75) is 6.18 Å². The van der Waals surface area contributed by atoms with Crippen molar-refractivity contribution in [2.24, 2.45) is 7.05 Å². The number of alkyl halides is 3. The second-order valence-corrected chi connectivity index (χ2v) is 4.82. The van der Waals surface area contributed by atoms with Crippen molar-refractivity contribution in [3.63, 3.8) is 0 Å². The molecule has 0 saturated carbocycles. The molecule has 2 rings (SSSR count). The lowest BCUT2D eigenvalue weighted by molar-refractivity contribution is -0.137. The van der Waals surface area contributed by atoms with Crippen molar-refractivity contribution in [1.29, 1.82) is 0 Å². The van der Waals surface area contributed by atoms with E-state index in [9.17, 15) is 18.0 Å². The number of benzene rings is 1. The number of rotatable bonds is 2. The van der Waals surface area contributed by atoms with E-state index in [1.165, 1.54) is 16.8 Å². The Kier molecular flexibility index (Phi) is 3.87. The third-order valence-electron chi connectivity index (χ3n) is 2.80. The molecule has 0 spiro atoms. The Hall–Kier alpha value is -2.15. The van der Waals surface area contributed by atoms with Crippen LogP contribution in [0.5, 0.6) is 0 Å². The summed E-state index contributed by atoms with van der Waals surface area (Å²) in [7, 11) is 1.60. The molecule has 1 heterocycles. The summed E-state index contributed by atoms with van der Waals surface area (Å²) in [5, 5.41) is 2.36. The Morgan fingerprint density at radius 1 is 1.33 bits per heavy atom. The zero-order valence-electron chi connectivity index (χ0n) is 10.8. The van der Waals surface area contributed by atoms with Gasteiger partial charge in [0.25, 0.3) is 5.91 Å². The van der Waals surface area contributed by atoms with Gasteiger partial charge in [-0.3, -0.25) is 4.79 Å². The third-order valence-corrected chi connectivity index (χ3v) is 3.13. The second-order valence-electron chi connectivity index (χ2n) is 4.42. The van der Waals surface area contributed by atoms with E-state index in [0.717, 1.165) is 18.2 Å². The topological polar surface area (TPSA) is 60.0 Å². The van der Waals surface area contributed by atoms with E-state index >= 15 is 0 Å². The number of nitrogens with one attached hydrogen (secondary N) is 1. The lowest BCUT2D eigenvalue weighted by Crippen LogP contribution is -2.16. The molecule has 1 aromatic heterocycles. The van der Waals surface area contributed by atoms with E-state index in [4.69, 9.17) is 17.3 Å². The van der Waals surface area contributed by atoms with Crippen LogP contribution < -0.4 is 11.1 Å². The van der Waals surface area contributed by atoms with E-state index in [1.807, 2.05) is 0 Å². The number of hydrogen-bond donors (Lipinski definition) is 2. The van der Waals surface area contributed by atoms with Crippen molar-refractivity contribution in [1.82, 2.24) is 4.57 Å².